The second-order valence-corrected chi connectivity index (χ2v) is 2.89. The summed E-state index contributed by atoms with van der Waals surface area (Å²) in [4.78, 5) is 8.12. The van der Waals surface area contributed by atoms with Crippen molar-refractivity contribution in [1.82, 2.24) is 9.97 Å². The van der Waals surface area contributed by atoms with Gasteiger partial charge in [-0.2, -0.15) is 0 Å². The zero-order chi connectivity index (χ0) is 8.39. The summed E-state index contributed by atoms with van der Waals surface area (Å²) in [7, 11) is 0. The lowest BCUT2D eigenvalue weighted by molar-refractivity contribution is 0.223. The maximum absolute atomic E-state index is 9.24. The predicted molar refractivity (Wildman–Crippen MR) is 45.2 cm³/mol. The minimum atomic E-state index is -0.290. The van der Waals surface area contributed by atoms with Crippen molar-refractivity contribution < 1.29 is 5.11 Å². The van der Waals surface area contributed by atoms with Crippen LogP contribution in [0.2, 0.25) is 0 Å². The van der Waals surface area contributed by atoms with Gasteiger partial charge in [0, 0.05) is 12.4 Å². The first-order valence-electron chi connectivity index (χ1n) is 4.01. The van der Waals surface area contributed by atoms with E-state index >= 15 is 0 Å². The monoisotopic (exact) mass is 162 g/mol. The Morgan fingerprint density at radius 3 is 2.92 bits per heavy atom. The standard InChI is InChI=1S/C9H10N2O/c12-8-2-1-7(5-8)9-6-10-3-4-11-9/h3-6,8,12H,1-2H2. The topological polar surface area (TPSA) is 46.0 Å². The van der Waals surface area contributed by atoms with Gasteiger partial charge in [-0.15, -0.1) is 0 Å². The number of allylic oxidation sites excluding steroid dienone is 1. The summed E-state index contributed by atoms with van der Waals surface area (Å²) in [6.45, 7) is 0. The van der Waals surface area contributed by atoms with Crippen LogP contribution >= 0.6 is 0 Å². The molecule has 3 heteroatoms. The molecule has 2 rings (SSSR count). The molecule has 12 heavy (non-hydrogen) atoms. The van der Waals surface area contributed by atoms with E-state index in [1.165, 1.54) is 0 Å². The first-order valence-corrected chi connectivity index (χ1v) is 4.01. The average molecular weight is 162 g/mol. The lowest BCUT2D eigenvalue weighted by atomic mass is 10.2. The van der Waals surface area contributed by atoms with Gasteiger partial charge in [-0.05, 0) is 18.4 Å². The Hall–Kier alpha value is -1.22. The molecule has 0 aliphatic heterocycles. The Labute approximate surface area is 70.8 Å². The molecular weight excluding hydrogens is 152 g/mol. The van der Waals surface area contributed by atoms with E-state index in [4.69, 9.17) is 0 Å². The van der Waals surface area contributed by atoms with E-state index in [1.807, 2.05) is 6.08 Å². The van der Waals surface area contributed by atoms with Gasteiger partial charge in [0.2, 0.25) is 0 Å². The van der Waals surface area contributed by atoms with E-state index < -0.39 is 0 Å². The highest BCUT2D eigenvalue weighted by atomic mass is 16.3. The van der Waals surface area contributed by atoms with E-state index in [2.05, 4.69) is 9.97 Å². The fourth-order valence-corrected chi connectivity index (χ4v) is 1.38. The molecule has 0 radical (unpaired) electrons. The number of aliphatic hydroxyl groups is 1. The fraction of sp³-hybridized carbons (Fsp3) is 0.333. The van der Waals surface area contributed by atoms with E-state index in [0.717, 1.165) is 24.1 Å². The minimum absolute atomic E-state index is 0.290. The van der Waals surface area contributed by atoms with E-state index in [1.54, 1.807) is 18.6 Å². The lowest BCUT2D eigenvalue weighted by Crippen LogP contribution is -1.93. The quantitative estimate of drug-likeness (QED) is 0.670. The molecule has 0 aromatic carbocycles. The number of nitrogens with zero attached hydrogens (tertiary/aromatic N) is 2. The lowest BCUT2D eigenvalue weighted by Gasteiger charge is -1.96. The highest BCUT2D eigenvalue weighted by molar-refractivity contribution is 5.64. The molecule has 0 saturated heterocycles. The molecular formula is C9H10N2O. The number of hydrogen-bond acceptors (Lipinski definition) is 3. The van der Waals surface area contributed by atoms with Crippen molar-refractivity contribution in [3.8, 4) is 0 Å². The second kappa shape index (κ2) is 3.03. The molecule has 0 fully saturated rings. The van der Waals surface area contributed by atoms with E-state index in [-0.39, 0.29) is 6.10 Å². The number of aromatic nitrogens is 2. The number of rotatable bonds is 1. The van der Waals surface area contributed by atoms with Crippen LogP contribution in [-0.2, 0) is 0 Å². The van der Waals surface area contributed by atoms with Crippen LogP contribution in [0.1, 0.15) is 18.5 Å². The van der Waals surface area contributed by atoms with Crippen LogP contribution < -0.4 is 0 Å². The van der Waals surface area contributed by atoms with Crippen molar-refractivity contribution in [2.45, 2.75) is 18.9 Å². The first kappa shape index (κ1) is 7.43. The average Bonchev–Trinajstić information content (AvgIpc) is 2.54. The molecule has 0 spiro atoms. The molecule has 0 saturated carbocycles. The van der Waals surface area contributed by atoms with Crippen LogP contribution in [0.25, 0.3) is 5.57 Å². The van der Waals surface area contributed by atoms with Crippen molar-refractivity contribution in [2.75, 3.05) is 0 Å². The molecule has 3 nitrogen and oxygen atoms in total. The third kappa shape index (κ3) is 1.36. The van der Waals surface area contributed by atoms with Crippen LogP contribution in [0.5, 0.6) is 0 Å². The van der Waals surface area contributed by atoms with Gasteiger partial charge in [0.1, 0.15) is 0 Å². The SMILES string of the molecule is OC1C=C(c2cnccn2)CC1. The van der Waals surface area contributed by atoms with Gasteiger partial charge in [-0.3, -0.25) is 9.97 Å². The summed E-state index contributed by atoms with van der Waals surface area (Å²) in [6.07, 6.45) is 8.32. The summed E-state index contributed by atoms with van der Waals surface area (Å²) >= 11 is 0. The zero-order valence-corrected chi connectivity index (χ0v) is 6.64. The van der Waals surface area contributed by atoms with Gasteiger partial charge < -0.3 is 5.11 Å². The molecule has 1 atom stereocenters. The molecule has 1 aliphatic rings. The van der Waals surface area contributed by atoms with E-state index in [0.29, 0.717) is 0 Å². The molecule has 62 valence electrons. The molecule has 1 unspecified atom stereocenters. The van der Waals surface area contributed by atoms with Gasteiger partial charge in [0.05, 0.1) is 18.0 Å². The molecule has 0 amide bonds. The van der Waals surface area contributed by atoms with Crippen molar-refractivity contribution in [3.63, 3.8) is 0 Å². The molecule has 1 aromatic heterocycles. The summed E-state index contributed by atoms with van der Waals surface area (Å²) in [6, 6.07) is 0. The Kier molecular flexibility index (Phi) is 1.87. The normalized spacial score (nSPS) is 22.4. The third-order valence-electron chi connectivity index (χ3n) is 2.00. The third-order valence-corrected chi connectivity index (χ3v) is 2.00. The highest BCUT2D eigenvalue weighted by Crippen LogP contribution is 2.25. The Morgan fingerprint density at radius 2 is 2.33 bits per heavy atom. The van der Waals surface area contributed by atoms with Crippen LogP contribution in [-0.4, -0.2) is 21.2 Å². The Bertz CT molecular complexity index is 295. The zero-order valence-electron chi connectivity index (χ0n) is 6.64. The number of hydrogen-bond donors (Lipinski definition) is 1. The molecule has 0 bridgehead atoms. The predicted octanol–water partition coefficient (Wildman–Crippen LogP) is 1.01. The summed E-state index contributed by atoms with van der Waals surface area (Å²) < 4.78 is 0. The van der Waals surface area contributed by atoms with Crippen molar-refractivity contribution >= 4 is 5.57 Å². The second-order valence-electron chi connectivity index (χ2n) is 2.89. The van der Waals surface area contributed by atoms with Gasteiger partial charge >= 0.3 is 0 Å². The Morgan fingerprint density at radius 1 is 1.42 bits per heavy atom. The van der Waals surface area contributed by atoms with Crippen molar-refractivity contribution in [3.05, 3.63) is 30.4 Å². The molecule has 1 aliphatic carbocycles. The van der Waals surface area contributed by atoms with Crippen LogP contribution in [0.4, 0.5) is 0 Å². The van der Waals surface area contributed by atoms with E-state index in [9.17, 15) is 5.11 Å². The molecule has 1 aromatic rings. The largest absolute Gasteiger partial charge is 0.389 e. The van der Waals surface area contributed by atoms with Crippen LogP contribution in [0.3, 0.4) is 0 Å². The minimum Gasteiger partial charge on any atom is -0.389 e. The van der Waals surface area contributed by atoms with Gasteiger partial charge in [-0.25, -0.2) is 0 Å². The molecule has 1 heterocycles. The van der Waals surface area contributed by atoms with Crippen LogP contribution in [0.15, 0.2) is 24.7 Å². The Balaban J connectivity index is 2.27. The number of aliphatic hydroxyl groups excluding tert-OH is 1. The maximum Gasteiger partial charge on any atom is 0.0842 e. The smallest absolute Gasteiger partial charge is 0.0842 e. The first-order chi connectivity index (χ1) is 5.86. The maximum atomic E-state index is 9.24. The van der Waals surface area contributed by atoms with Gasteiger partial charge in [0.25, 0.3) is 0 Å². The van der Waals surface area contributed by atoms with Crippen molar-refractivity contribution in [1.29, 1.82) is 0 Å². The molecule has 1 N–H and O–H groups in total. The van der Waals surface area contributed by atoms with Crippen molar-refractivity contribution in [2.24, 2.45) is 0 Å². The summed E-state index contributed by atoms with van der Waals surface area (Å²) in [5.74, 6) is 0. The fourth-order valence-electron chi connectivity index (χ4n) is 1.38. The highest BCUT2D eigenvalue weighted by Gasteiger charge is 2.14. The summed E-state index contributed by atoms with van der Waals surface area (Å²) in [5, 5.41) is 9.24. The van der Waals surface area contributed by atoms with Gasteiger partial charge in [-0.1, -0.05) is 6.08 Å². The summed E-state index contributed by atoms with van der Waals surface area (Å²) in [5.41, 5.74) is 1.99. The van der Waals surface area contributed by atoms with Gasteiger partial charge in [0.15, 0.2) is 0 Å². The van der Waals surface area contributed by atoms with Crippen LogP contribution in [0, 0.1) is 0 Å².